The average Bonchev–Trinajstić information content (AvgIpc) is 2.49. The highest BCUT2D eigenvalue weighted by Crippen LogP contribution is 2.37. The molecule has 0 aromatic carbocycles. The highest BCUT2D eigenvalue weighted by Gasteiger charge is 2.37. The Bertz CT molecular complexity index is 320. The maximum absolute atomic E-state index is 9.07. The van der Waals surface area contributed by atoms with Crippen molar-refractivity contribution in [2.45, 2.75) is 71.5 Å². The van der Waals surface area contributed by atoms with Crippen LogP contribution in [0.1, 0.15) is 65.2 Å². The summed E-state index contributed by atoms with van der Waals surface area (Å²) in [5.41, 5.74) is -0.451. The summed E-state index contributed by atoms with van der Waals surface area (Å²) in [6, 6.07) is 2.29. The van der Waals surface area contributed by atoms with Gasteiger partial charge in [0.2, 0.25) is 0 Å². The summed E-state index contributed by atoms with van der Waals surface area (Å²) < 4.78 is 11.6. The molecule has 0 aromatic heterocycles. The zero-order valence-corrected chi connectivity index (χ0v) is 13.1. The molecule has 114 valence electrons. The van der Waals surface area contributed by atoms with E-state index in [4.69, 9.17) is 14.7 Å². The van der Waals surface area contributed by atoms with Crippen molar-refractivity contribution in [2.75, 3.05) is 13.2 Å². The first-order valence-corrected chi connectivity index (χ1v) is 8.31. The second kappa shape index (κ2) is 7.43. The zero-order chi connectivity index (χ0) is 14.4. The molecule has 3 nitrogen and oxygen atoms in total. The lowest BCUT2D eigenvalue weighted by molar-refractivity contribution is -0.240. The van der Waals surface area contributed by atoms with Crippen LogP contribution in [0, 0.1) is 28.6 Å². The van der Waals surface area contributed by atoms with Crippen molar-refractivity contribution in [3.05, 3.63) is 0 Å². The molecule has 2 aliphatic rings. The van der Waals surface area contributed by atoms with Crippen molar-refractivity contribution in [1.29, 1.82) is 5.26 Å². The van der Waals surface area contributed by atoms with Crippen LogP contribution in [0.5, 0.6) is 0 Å². The Morgan fingerprint density at radius 2 is 1.75 bits per heavy atom. The number of rotatable bonds is 5. The molecule has 0 N–H and O–H groups in total. The largest absolute Gasteiger partial charge is 0.351 e. The molecule has 2 fully saturated rings. The molecule has 0 unspecified atom stereocenters. The SMILES string of the molecule is CCCCCC1CCC(C2OCC(C)(C#N)CO2)CC1. The number of unbranched alkanes of at least 4 members (excludes halogenated alkanes) is 2. The third-order valence-corrected chi connectivity index (χ3v) is 4.89. The quantitative estimate of drug-likeness (QED) is 0.705. The standard InChI is InChI=1S/C17H29NO2/c1-3-4-5-6-14-7-9-15(10-8-14)16-19-12-17(2,11-18)13-20-16/h14-16H,3-10,12-13H2,1-2H3. The van der Waals surface area contributed by atoms with Gasteiger partial charge in [-0.1, -0.05) is 32.6 Å². The van der Waals surface area contributed by atoms with Gasteiger partial charge in [-0.05, 0) is 38.5 Å². The van der Waals surface area contributed by atoms with Crippen LogP contribution >= 0.6 is 0 Å². The van der Waals surface area contributed by atoms with Crippen LogP contribution < -0.4 is 0 Å². The highest BCUT2D eigenvalue weighted by atomic mass is 16.7. The molecular weight excluding hydrogens is 250 g/mol. The van der Waals surface area contributed by atoms with E-state index in [9.17, 15) is 0 Å². The molecule has 0 amide bonds. The Labute approximate surface area is 123 Å². The monoisotopic (exact) mass is 279 g/mol. The summed E-state index contributed by atoms with van der Waals surface area (Å²) in [5.74, 6) is 1.46. The molecule has 0 radical (unpaired) electrons. The van der Waals surface area contributed by atoms with Crippen LogP contribution in [0.4, 0.5) is 0 Å². The van der Waals surface area contributed by atoms with Gasteiger partial charge in [0.15, 0.2) is 6.29 Å². The third kappa shape index (κ3) is 4.20. The Morgan fingerprint density at radius 1 is 1.10 bits per heavy atom. The van der Waals surface area contributed by atoms with Crippen LogP contribution in [-0.4, -0.2) is 19.5 Å². The minimum Gasteiger partial charge on any atom is -0.351 e. The topological polar surface area (TPSA) is 42.2 Å². The molecule has 1 heterocycles. The van der Waals surface area contributed by atoms with Gasteiger partial charge >= 0.3 is 0 Å². The predicted molar refractivity (Wildman–Crippen MR) is 79.0 cm³/mol. The normalized spacial score (nSPS) is 38.4. The molecule has 1 saturated heterocycles. The van der Waals surface area contributed by atoms with Crippen LogP contribution in [0.15, 0.2) is 0 Å². The van der Waals surface area contributed by atoms with E-state index in [1.165, 1.54) is 51.4 Å². The average molecular weight is 279 g/mol. The number of nitrogens with zero attached hydrogens (tertiary/aromatic N) is 1. The molecule has 20 heavy (non-hydrogen) atoms. The van der Waals surface area contributed by atoms with E-state index < -0.39 is 5.41 Å². The molecule has 1 aliphatic carbocycles. The van der Waals surface area contributed by atoms with E-state index >= 15 is 0 Å². The first-order chi connectivity index (χ1) is 9.67. The van der Waals surface area contributed by atoms with Crippen molar-refractivity contribution >= 4 is 0 Å². The van der Waals surface area contributed by atoms with Crippen molar-refractivity contribution in [2.24, 2.45) is 17.3 Å². The van der Waals surface area contributed by atoms with Gasteiger partial charge in [-0.25, -0.2) is 0 Å². The summed E-state index contributed by atoms with van der Waals surface area (Å²) in [6.07, 6.45) is 10.5. The lowest BCUT2D eigenvalue weighted by Gasteiger charge is -2.39. The summed E-state index contributed by atoms with van der Waals surface area (Å²) >= 11 is 0. The first kappa shape index (κ1) is 15.8. The molecule has 0 bridgehead atoms. The molecule has 0 aromatic rings. The van der Waals surface area contributed by atoms with Gasteiger partial charge in [0.25, 0.3) is 0 Å². The molecule has 3 heteroatoms. The lowest BCUT2D eigenvalue weighted by atomic mass is 9.79. The van der Waals surface area contributed by atoms with Crippen molar-refractivity contribution < 1.29 is 9.47 Å². The minimum atomic E-state index is -0.451. The maximum atomic E-state index is 9.07. The van der Waals surface area contributed by atoms with E-state index in [1.807, 2.05) is 6.92 Å². The molecule has 0 spiro atoms. The number of nitriles is 1. The Hall–Kier alpha value is -0.590. The van der Waals surface area contributed by atoms with Crippen LogP contribution in [0.2, 0.25) is 0 Å². The smallest absolute Gasteiger partial charge is 0.160 e. The maximum Gasteiger partial charge on any atom is 0.160 e. The van der Waals surface area contributed by atoms with Crippen molar-refractivity contribution in [3.8, 4) is 6.07 Å². The van der Waals surface area contributed by atoms with Gasteiger partial charge in [-0.15, -0.1) is 0 Å². The van der Waals surface area contributed by atoms with Crippen LogP contribution in [-0.2, 0) is 9.47 Å². The van der Waals surface area contributed by atoms with E-state index in [-0.39, 0.29) is 6.29 Å². The van der Waals surface area contributed by atoms with E-state index in [0.29, 0.717) is 19.1 Å². The molecular formula is C17H29NO2. The molecule has 1 saturated carbocycles. The fourth-order valence-electron chi connectivity index (χ4n) is 3.39. The first-order valence-electron chi connectivity index (χ1n) is 8.31. The van der Waals surface area contributed by atoms with Gasteiger partial charge in [0, 0.05) is 5.92 Å². The van der Waals surface area contributed by atoms with Gasteiger partial charge < -0.3 is 9.47 Å². The predicted octanol–water partition coefficient (Wildman–Crippen LogP) is 4.28. The van der Waals surface area contributed by atoms with Gasteiger partial charge in [0.05, 0.1) is 19.3 Å². The number of hydrogen-bond donors (Lipinski definition) is 0. The highest BCUT2D eigenvalue weighted by molar-refractivity contribution is 4.97. The van der Waals surface area contributed by atoms with E-state index in [0.717, 1.165) is 5.92 Å². The Kier molecular flexibility index (Phi) is 5.86. The Morgan fingerprint density at radius 3 is 2.30 bits per heavy atom. The zero-order valence-electron chi connectivity index (χ0n) is 13.1. The fraction of sp³-hybridized carbons (Fsp3) is 0.941. The van der Waals surface area contributed by atoms with E-state index in [1.54, 1.807) is 0 Å². The fourth-order valence-corrected chi connectivity index (χ4v) is 3.39. The Balaban J connectivity index is 1.68. The summed E-state index contributed by atoms with van der Waals surface area (Å²) in [5, 5.41) is 9.07. The van der Waals surface area contributed by atoms with Gasteiger partial charge in [-0.3, -0.25) is 0 Å². The second-order valence-electron chi connectivity index (χ2n) is 6.94. The number of ether oxygens (including phenoxy) is 2. The van der Waals surface area contributed by atoms with Gasteiger partial charge in [0.1, 0.15) is 5.41 Å². The molecule has 2 rings (SSSR count). The molecule has 1 aliphatic heterocycles. The van der Waals surface area contributed by atoms with Crippen molar-refractivity contribution in [1.82, 2.24) is 0 Å². The van der Waals surface area contributed by atoms with Crippen molar-refractivity contribution in [3.63, 3.8) is 0 Å². The molecule has 0 atom stereocenters. The lowest BCUT2D eigenvalue weighted by Crippen LogP contribution is -2.43. The van der Waals surface area contributed by atoms with E-state index in [2.05, 4.69) is 13.0 Å². The second-order valence-corrected chi connectivity index (χ2v) is 6.94. The third-order valence-electron chi connectivity index (χ3n) is 4.89. The van der Waals surface area contributed by atoms with Crippen LogP contribution in [0.3, 0.4) is 0 Å². The minimum absolute atomic E-state index is 0.0620. The van der Waals surface area contributed by atoms with Crippen LogP contribution in [0.25, 0.3) is 0 Å². The summed E-state index contributed by atoms with van der Waals surface area (Å²) in [6.45, 7) is 5.21. The number of hydrogen-bond acceptors (Lipinski definition) is 3. The van der Waals surface area contributed by atoms with Gasteiger partial charge in [-0.2, -0.15) is 5.26 Å². The summed E-state index contributed by atoms with van der Waals surface area (Å²) in [4.78, 5) is 0. The summed E-state index contributed by atoms with van der Waals surface area (Å²) in [7, 11) is 0.